The number of nitrogens with one attached hydrogen (secondary N) is 1. The molecule has 0 radical (unpaired) electrons. The van der Waals surface area contributed by atoms with Crippen molar-refractivity contribution in [3.8, 4) is 0 Å². The molecular formula is C13H11F3N4S. The minimum absolute atomic E-state index is 0.347. The Morgan fingerprint density at radius 1 is 1.29 bits per heavy atom. The summed E-state index contributed by atoms with van der Waals surface area (Å²) < 4.78 is 38.5. The first-order chi connectivity index (χ1) is 9.77. The van der Waals surface area contributed by atoms with Gasteiger partial charge in [-0.15, -0.1) is 0 Å². The largest absolute Gasteiger partial charge is 0.417 e. The summed E-state index contributed by atoms with van der Waals surface area (Å²) in [6.45, 7) is 1.79. The van der Waals surface area contributed by atoms with Crippen LogP contribution in [0.25, 0.3) is 0 Å². The van der Waals surface area contributed by atoms with E-state index in [4.69, 9.17) is 11.1 Å². The summed E-state index contributed by atoms with van der Waals surface area (Å²) >= 11 is 1.11. The Kier molecular flexibility index (Phi) is 4.17. The van der Waals surface area contributed by atoms with Gasteiger partial charge in [-0.25, -0.2) is 9.97 Å². The fourth-order valence-electron chi connectivity index (χ4n) is 1.64. The molecular weight excluding hydrogens is 301 g/mol. The van der Waals surface area contributed by atoms with Crippen LogP contribution in [-0.2, 0) is 6.18 Å². The van der Waals surface area contributed by atoms with E-state index in [1.54, 1.807) is 19.2 Å². The summed E-state index contributed by atoms with van der Waals surface area (Å²) in [5.74, 6) is -0.630. The second-order valence-corrected chi connectivity index (χ2v) is 5.24. The van der Waals surface area contributed by atoms with Crippen LogP contribution in [0.4, 0.5) is 13.2 Å². The van der Waals surface area contributed by atoms with E-state index >= 15 is 0 Å². The summed E-state index contributed by atoms with van der Waals surface area (Å²) in [4.78, 5) is 8.67. The molecule has 2 aromatic rings. The zero-order valence-corrected chi connectivity index (χ0v) is 11.7. The Labute approximate surface area is 123 Å². The van der Waals surface area contributed by atoms with E-state index in [0.29, 0.717) is 10.1 Å². The summed E-state index contributed by atoms with van der Waals surface area (Å²) in [5.41, 5.74) is 4.72. The molecule has 2 rings (SSSR count). The van der Waals surface area contributed by atoms with Crippen molar-refractivity contribution in [3.63, 3.8) is 0 Å². The fraction of sp³-hybridized carbons (Fsp3) is 0.154. The van der Waals surface area contributed by atoms with Crippen molar-refractivity contribution in [2.75, 3.05) is 0 Å². The zero-order valence-electron chi connectivity index (χ0n) is 10.9. The zero-order chi connectivity index (χ0) is 15.6. The van der Waals surface area contributed by atoms with Gasteiger partial charge in [-0.1, -0.05) is 0 Å². The molecule has 3 N–H and O–H groups in total. The van der Waals surface area contributed by atoms with Gasteiger partial charge >= 0.3 is 6.18 Å². The third-order valence-electron chi connectivity index (χ3n) is 2.57. The highest BCUT2D eigenvalue weighted by Crippen LogP contribution is 2.35. The van der Waals surface area contributed by atoms with E-state index < -0.39 is 17.6 Å². The number of amidine groups is 1. The second-order valence-electron chi connectivity index (χ2n) is 4.20. The molecule has 0 aliphatic carbocycles. The molecule has 0 bridgehead atoms. The topological polar surface area (TPSA) is 75.7 Å². The molecule has 21 heavy (non-hydrogen) atoms. The van der Waals surface area contributed by atoms with Crippen LogP contribution in [0, 0.1) is 12.3 Å². The molecule has 110 valence electrons. The first-order valence-electron chi connectivity index (χ1n) is 5.80. The molecule has 1 aromatic heterocycles. The highest BCUT2D eigenvalue weighted by Gasteiger charge is 2.34. The molecule has 0 saturated carbocycles. The Bertz CT molecular complexity index is 685. The number of aromatic nitrogens is 2. The molecule has 1 aromatic carbocycles. The predicted molar refractivity (Wildman–Crippen MR) is 73.4 cm³/mol. The molecule has 0 amide bonds. The third-order valence-corrected chi connectivity index (χ3v) is 3.44. The van der Waals surface area contributed by atoms with Crippen molar-refractivity contribution in [2.24, 2.45) is 5.73 Å². The molecule has 0 atom stereocenters. The Morgan fingerprint density at radius 2 is 2.00 bits per heavy atom. The van der Waals surface area contributed by atoms with Crippen LogP contribution in [0.3, 0.4) is 0 Å². The lowest BCUT2D eigenvalue weighted by molar-refractivity contribution is -0.137. The summed E-state index contributed by atoms with van der Waals surface area (Å²) in [5, 5.41) is 7.72. The lowest BCUT2D eigenvalue weighted by Crippen LogP contribution is -2.18. The van der Waals surface area contributed by atoms with Gasteiger partial charge < -0.3 is 5.73 Å². The number of nitrogens with zero attached hydrogens (tertiary/aromatic N) is 2. The standard InChI is InChI=1S/C13H11F3N4S/c1-7-4-5-19-12(20-7)21-8-2-3-10(13(14,15)16)9(6-8)11(17)18/h2-6H,1H3,(H3,17,18). The lowest BCUT2D eigenvalue weighted by atomic mass is 10.1. The maximum Gasteiger partial charge on any atom is 0.417 e. The Morgan fingerprint density at radius 3 is 2.57 bits per heavy atom. The van der Waals surface area contributed by atoms with E-state index in [0.717, 1.165) is 23.5 Å². The first-order valence-corrected chi connectivity index (χ1v) is 6.62. The van der Waals surface area contributed by atoms with Gasteiger partial charge in [-0.05, 0) is 43.0 Å². The molecule has 0 aliphatic heterocycles. The van der Waals surface area contributed by atoms with Gasteiger partial charge in [0, 0.05) is 22.3 Å². The summed E-state index contributed by atoms with van der Waals surface area (Å²) in [7, 11) is 0. The number of rotatable bonds is 3. The van der Waals surface area contributed by atoms with Gasteiger partial charge in [0.1, 0.15) is 5.84 Å². The molecule has 4 nitrogen and oxygen atoms in total. The number of nitrogen functional groups attached to an aromatic ring is 1. The van der Waals surface area contributed by atoms with Crippen molar-refractivity contribution in [3.05, 3.63) is 47.3 Å². The molecule has 0 aliphatic rings. The number of nitrogens with two attached hydrogens (primary N) is 1. The molecule has 0 unspecified atom stereocenters. The number of hydrogen-bond donors (Lipinski definition) is 2. The number of hydrogen-bond acceptors (Lipinski definition) is 4. The van der Waals surface area contributed by atoms with Gasteiger partial charge in [0.25, 0.3) is 0 Å². The van der Waals surface area contributed by atoms with Crippen LogP contribution in [0.5, 0.6) is 0 Å². The van der Waals surface area contributed by atoms with E-state index in [1.165, 1.54) is 12.1 Å². The maximum atomic E-state index is 12.8. The van der Waals surface area contributed by atoms with Crippen molar-refractivity contribution in [1.29, 1.82) is 5.41 Å². The van der Waals surface area contributed by atoms with Gasteiger partial charge in [-0.3, -0.25) is 5.41 Å². The van der Waals surface area contributed by atoms with Crippen molar-refractivity contribution in [2.45, 2.75) is 23.2 Å². The number of benzene rings is 1. The lowest BCUT2D eigenvalue weighted by Gasteiger charge is -2.13. The normalized spacial score (nSPS) is 11.4. The van der Waals surface area contributed by atoms with Crippen molar-refractivity contribution in [1.82, 2.24) is 9.97 Å². The summed E-state index contributed by atoms with van der Waals surface area (Å²) in [6.07, 6.45) is -2.98. The van der Waals surface area contributed by atoms with Crippen LogP contribution in [-0.4, -0.2) is 15.8 Å². The van der Waals surface area contributed by atoms with Gasteiger partial charge in [0.05, 0.1) is 5.56 Å². The SMILES string of the molecule is Cc1ccnc(Sc2ccc(C(F)(F)F)c(C(=N)N)c2)n1. The third kappa shape index (κ3) is 3.72. The Hall–Kier alpha value is -2.09. The quantitative estimate of drug-likeness (QED) is 0.518. The van der Waals surface area contributed by atoms with Gasteiger partial charge in [0.15, 0.2) is 5.16 Å². The van der Waals surface area contributed by atoms with Gasteiger partial charge in [0.2, 0.25) is 0 Å². The molecule has 0 spiro atoms. The predicted octanol–water partition coefficient (Wildman–Crippen LogP) is 3.24. The molecule has 8 heteroatoms. The minimum Gasteiger partial charge on any atom is -0.384 e. The summed E-state index contributed by atoms with van der Waals surface area (Å²) in [6, 6.07) is 5.17. The first kappa shape index (κ1) is 15.3. The Balaban J connectivity index is 2.39. The van der Waals surface area contributed by atoms with E-state index in [2.05, 4.69) is 9.97 Å². The van der Waals surface area contributed by atoms with E-state index in [1.807, 2.05) is 0 Å². The smallest absolute Gasteiger partial charge is 0.384 e. The average molecular weight is 312 g/mol. The van der Waals surface area contributed by atoms with Crippen LogP contribution in [0.2, 0.25) is 0 Å². The minimum atomic E-state index is -4.55. The second kappa shape index (κ2) is 5.72. The average Bonchev–Trinajstić information content (AvgIpc) is 2.37. The number of halogens is 3. The number of alkyl halides is 3. The van der Waals surface area contributed by atoms with Crippen LogP contribution >= 0.6 is 11.8 Å². The molecule has 1 heterocycles. The fourth-order valence-corrected chi connectivity index (χ4v) is 2.46. The highest BCUT2D eigenvalue weighted by molar-refractivity contribution is 7.99. The van der Waals surface area contributed by atoms with Crippen molar-refractivity contribution >= 4 is 17.6 Å². The maximum absolute atomic E-state index is 12.8. The van der Waals surface area contributed by atoms with Gasteiger partial charge in [-0.2, -0.15) is 13.2 Å². The van der Waals surface area contributed by atoms with Crippen LogP contribution < -0.4 is 5.73 Å². The molecule has 0 saturated heterocycles. The highest BCUT2D eigenvalue weighted by atomic mass is 32.2. The van der Waals surface area contributed by atoms with E-state index in [-0.39, 0.29) is 5.56 Å². The van der Waals surface area contributed by atoms with Crippen molar-refractivity contribution < 1.29 is 13.2 Å². The molecule has 0 fully saturated rings. The van der Waals surface area contributed by atoms with E-state index in [9.17, 15) is 13.2 Å². The van der Waals surface area contributed by atoms with Crippen LogP contribution in [0.1, 0.15) is 16.8 Å². The monoisotopic (exact) mass is 312 g/mol. The van der Waals surface area contributed by atoms with Crippen LogP contribution in [0.15, 0.2) is 40.5 Å². The number of aryl methyl sites for hydroxylation is 1.